The highest BCUT2D eigenvalue weighted by Crippen LogP contribution is 2.43. The Bertz CT molecular complexity index is 2040. The van der Waals surface area contributed by atoms with Gasteiger partial charge in [-0.15, -0.1) is 0 Å². The van der Waals surface area contributed by atoms with Crippen molar-refractivity contribution in [1.29, 1.82) is 0 Å². The molecule has 8 rings (SSSR count). The zero-order valence-corrected chi connectivity index (χ0v) is 34.4. The molecule has 314 valence electrons. The number of carbonyl (C=O) groups is 4. The van der Waals surface area contributed by atoms with Gasteiger partial charge in [0.25, 0.3) is 5.91 Å². The summed E-state index contributed by atoms with van der Waals surface area (Å²) in [5, 5.41) is 5.92. The number of para-hydroxylation sites is 2. The van der Waals surface area contributed by atoms with Crippen LogP contribution >= 0.6 is 0 Å². The molecule has 14 nitrogen and oxygen atoms in total. The summed E-state index contributed by atoms with van der Waals surface area (Å²) in [5.74, 6) is -1.18. The third-order valence-corrected chi connectivity index (χ3v) is 15.8. The van der Waals surface area contributed by atoms with Gasteiger partial charge in [-0.25, -0.2) is 23.2 Å². The Morgan fingerprint density at radius 2 is 1.66 bits per heavy atom. The third kappa shape index (κ3) is 8.70. The molecule has 58 heavy (non-hydrogen) atoms. The lowest BCUT2D eigenvalue weighted by Gasteiger charge is -2.36. The predicted molar refractivity (Wildman–Crippen MR) is 216 cm³/mol. The molecule has 7 atom stereocenters. The molecule has 4 heterocycles. The van der Waals surface area contributed by atoms with E-state index in [9.17, 15) is 27.6 Å². The SMILES string of the molecule is CC1(S(=O)(=O)NC(=O)C23CCC(C=CCCCCCCC4NC(=O)OC5CCC5CCCCCc5nc6ccccc6nc5OC5CC(C(=O)N2)N(C5)C4=O)C3)CC1. The topological polar surface area (TPSA) is 186 Å². The number of allylic oxidation sites excluding steroid dienone is 2. The second-order valence-corrected chi connectivity index (χ2v) is 20.1. The maximum atomic E-state index is 14.8. The number of hydrogen-bond acceptors (Lipinski definition) is 10. The van der Waals surface area contributed by atoms with Gasteiger partial charge >= 0.3 is 6.09 Å². The summed E-state index contributed by atoms with van der Waals surface area (Å²) in [6.45, 7) is 1.65. The normalized spacial score (nSPS) is 32.2. The number of sulfonamides is 1. The van der Waals surface area contributed by atoms with Crippen LogP contribution in [0.4, 0.5) is 4.79 Å². The van der Waals surface area contributed by atoms with Crippen molar-refractivity contribution in [2.75, 3.05) is 6.54 Å². The average Bonchev–Trinajstić information content (AvgIpc) is 3.62. The van der Waals surface area contributed by atoms with Crippen molar-refractivity contribution in [2.45, 2.75) is 163 Å². The summed E-state index contributed by atoms with van der Waals surface area (Å²) in [6.07, 6.45) is 15.5. The summed E-state index contributed by atoms with van der Waals surface area (Å²) >= 11 is 0. The average molecular weight is 819 g/mol. The van der Waals surface area contributed by atoms with Crippen molar-refractivity contribution >= 4 is 44.9 Å². The quantitative estimate of drug-likeness (QED) is 0.333. The number of nitrogens with one attached hydrogen (secondary N) is 3. The summed E-state index contributed by atoms with van der Waals surface area (Å²) in [6, 6.07) is 5.57. The minimum absolute atomic E-state index is 0.0279. The van der Waals surface area contributed by atoms with Gasteiger partial charge in [-0.3, -0.25) is 19.1 Å². The van der Waals surface area contributed by atoms with Crippen LogP contribution in [-0.4, -0.2) is 88.2 Å². The van der Waals surface area contributed by atoms with Crippen LogP contribution in [0.15, 0.2) is 36.4 Å². The van der Waals surface area contributed by atoms with Crippen LogP contribution in [-0.2, 0) is 35.6 Å². The number of rotatable bonds is 3. The molecular formula is C43H58N6O8S. The molecule has 5 bridgehead atoms. The largest absolute Gasteiger partial charge is 0.471 e. The number of ether oxygens (including phenoxy) is 2. The number of nitrogens with zero attached hydrogens (tertiary/aromatic N) is 3. The fourth-order valence-corrected chi connectivity index (χ4v) is 10.8. The summed E-state index contributed by atoms with van der Waals surface area (Å²) in [5.41, 5.74) is 0.624. The van der Waals surface area contributed by atoms with Gasteiger partial charge < -0.3 is 25.0 Å². The molecule has 3 N–H and O–H groups in total. The highest BCUT2D eigenvalue weighted by Gasteiger charge is 2.55. The van der Waals surface area contributed by atoms with Crippen molar-refractivity contribution in [3.63, 3.8) is 0 Å². The van der Waals surface area contributed by atoms with E-state index in [4.69, 9.17) is 19.4 Å². The van der Waals surface area contributed by atoms with Gasteiger partial charge in [-0.2, -0.15) is 0 Å². The van der Waals surface area contributed by atoms with E-state index in [1.807, 2.05) is 24.3 Å². The minimum Gasteiger partial charge on any atom is -0.471 e. The van der Waals surface area contributed by atoms with Crippen LogP contribution < -0.4 is 20.1 Å². The number of aromatic nitrogens is 2. The van der Waals surface area contributed by atoms with Crippen LogP contribution in [0.1, 0.15) is 128 Å². The molecule has 3 saturated carbocycles. The molecule has 3 aliphatic carbocycles. The number of hydrogen-bond donors (Lipinski definition) is 3. The molecule has 2 aromatic rings. The first-order chi connectivity index (χ1) is 27.9. The summed E-state index contributed by atoms with van der Waals surface area (Å²) < 4.78 is 40.6. The van der Waals surface area contributed by atoms with Crippen molar-refractivity contribution in [3.8, 4) is 5.88 Å². The molecule has 3 aliphatic heterocycles. The highest BCUT2D eigenvalue weighted by atomic mass is 32.2. The Morgan fingerprint density at radius 3 is 2.43 bits per heavy atom. The second kappa shape index (κ2) is 16.8. The van der Waals surface area contributed by atoms with E-state index in [2.05, 4.69) is 27.5 Å². The van der Waals surface area contributed by atoms with E-state index < -0.39 is 62.3 Å². The molecule has 4 fully saturated rings. The lowest BCUT2D eigenvalue weighted by atomic mass is 9.78. The fraction of sp³-hybridized carbons (Fsp3) is 0.674. The first-order valence-corrected chi connectivity index (χ1v) is 23.2. The first-order valence-electron chi connectivity index (χ1n) is 21.7. The molecule has 0 radical (unpaired) electrons. The minimum atomic E-state index is -4.00. The van der Waals surface area contributed by atoms with Gasteiger partial charge in [-0.1, -0.05) is 56.4 Å². The van der Waals surface area contributed by atoms with Crippen LogP contribution in [0.25, 0.3) is 11.0 Å². The number of benzene rings is 1. The predicted octanol–water partition coefficient (Wildman–Crippen LogP) is 5.53. The lowest BCUT2D eigenvalue weighted by Crippen LogP contribution is -2.62. The van der Waals surface area contributed by atoms with Crippen LogP contribution in [0.5, 0.6) is 5.88 Å². The molecule has 4 amide bonds. The van der Waals surface area contributed by atoms with E-state index in [-0.39, 0.29) is 43.7 Å². The number of carbonyl (C=O) groups excluding carboxylic acids is 4. The first kappa shape index (κ1) is 40.5. The summed E-state index contributed by atoms with van der Waals surface area (Å²) in [7, 11) is -4.00. The highest BCUT2D eigenvalue weighted by molar-refractivity contribution is 7.91. The van der Waals surface area contributed by atoms with Gasteiger partial charge in [0.2, 0.25) is 27.7 Å². The second-order valence-electron chi connectivity index (χ2n) is 17.9. The third-order valence-electron chi connectivity index (χ3n) is 13.6. The molecule has 1 saturated heterocycles. The fourth-order valence-electron chi connectivity index (χ4n) is 9.47. The number of aryl methyl sites for hydroxylation is 1. The molecule has 6 aliphatic rings. The Morgan fingerprint density at radius 1 is 0.897 bits per heavy atom. The van der Waals surface area contributed by atoms with Gasteiger partial charge in [0, 0.05) is 6.42 Å². The number of fused-ring (bicyclic) bond motifs is 7. The van der Waals surface area contributed by atoms with Crippen molar-refractivity contribution in [3.05, 3.63) is 42.1 Å². The van der Waals surface area contributed by atoms with Crippen LogP contribution in [0.3, 0.4) is 0 Å². The molecule has 7 unspecified atom stereocenters. The van der Waals surface area contributed by atoms with Crippen LogP contribution in [0, 0.1) is 11.8 Å². The van der Waals surface area contributed by atoms with E-state index in [0.29, 0.717) is 55.6 Å². The van der Waals surface area contributed by atoms with Gasteiger partial charge in [0.05, 0.1) is 22.3 Å². The Kier molecular flexibility index (Phi) is 11.7. The van der Waals surface area contributed by atoms with Crippen molar-refractivity contribution in [2.24, 2.45) is 11.8 Å². The monoisotopic (exact) mass is 818 g/mol. The van der Waals surface area contributed by atoms with Crippen molar-refractivity contribution < 1.29 is 37.1 Å². The Balaban J connectivity index is 1.14. The standard InChI is InChI=1S/C43H58N6O8S/c1-42(23-24-42)58(54,55)48-40(52)43-22-21-28(26-43)13-7-4-2-3-5-9-18-34-39(51)49-27-30(25-35(49)37(50)47-43)56-38-33(44-31-15-11-12-16-32(31)45-38)17-10-6-8-14-29-19-20-36(29)57-41(53)46-34/h7,11-13,15-16,28-30,34-36H,2-6,8-10,14,17-27H2,1H3,(H,46,53)(H,47,50)(H,48,52). The number of alkyl carbamates (subject to hydrolysis) is 1. The van der Waals surface area contributed by atoms with Gasteiger partial charge in [0.15, 0.2) is 0 Å². The van der Waals surface area contributed by atoms with E-state index in [1.54, 1.807) is 6.92 Å². The van der Waals surface area contributed by atoms with Gasteiger partial charge in [-0.05, 0) is 114 Å². The van der Waals surface area contributed by atoms with E-state index in [1.165, 1.54) is 4.90 Å². The molecule has 1 aromatic heterocycles. The maximum Gasteiger partial charge on any atom is 0.408 e. The maximum absolute atomic E-state index is 14.8. The lowest BCUT2D eigenvalue weighted by molar-refractivity contribution is -0.142. The smallest absolute Gasteiger partial charge is 0.408 e. The summed E-state index contributed by atoms with van der Waals surface area (Å²) in [4.78, 5) is 68.5. The van der Waals surface area contributed by atoms with Crippen molar-refractivity contribution in [1.82, 2.24) is 30.2 Å². The zero-order chi connectivity index (χ0) is 40.5. The van der Waals surface area contributed by atoms with E-state index in [0.717, 1.165) is 69.7 Å². The van der Waals surface area contributed by atoms with Crippen LogP contribution in [0.2, 0.25) is 0 Å². The Hall–Kier alpha value is -4.27. The number of amides is 4. The molecule has 15 heteroatoms. The Labute approximate surface area is 341 Å². The zero-order valence-electron chi connectivity index (χ0n) is 33.6. The molecular weight excluding hydrogens is 761 g/mol. The van der Waals surface area contributed by atoms with Gasteiger partial charge in [0.1, 0.15) is 35.5 Å². The molecule has 1 aromatic carbocycles. The molecule has 0 spiro atoms. The van der Waals surface area contributed by atoms with E-state index >= 15 is 0 Å².